The van der Waals surface area contributed by atoms with Crippen LogP contribution in [0, 0.1) is 0 Å². The quantitative estimate of drug-likeness (QED) is 0.386. The normalized spacial score (nSPS) is 11.7. The molecule has 0 N–H and O–H groups in total. The zero-order chi connectivity index (χ0) is 11.8. The highest BCUT2D eigenvalue weighted by Gasteiger charge is 2.13. The molecule has 0 fully saturated rings. The maximum absolute atomic E-state index is 11.1. The van der Waals surface area contributed by atoms with E-state index in [-0.39, 0.29) is 11.5 Å². The molecule has 4 nitrogen and oxygen atoms in total. The van der Waals surface area contributed by atoms with Crippen LogP contribution in [0.15, 0.2) is 12.2 Å². The number of hydrogen-bond donors (Lipinski definition) is 0. The summed E-state index contributed by atoms with van der Waals surface area (Å²) in [4.78, 5) is 22.2. The fourth-order valence-corrected chi connectivity index (χ4v) is 0.841. The first-order chi connectivity index (χ1) is 6.97. The Labute approximate surface area is 90.2 Å². The van der Waals surface area contributed by atoms with Crippen molar-refractivity contribution < 1.29 is 19.1 Å². The van der Waals surface area contributed by atoms with Crippen LogP contribution in [0.1, 0.15) is 40.0 Å². The second kappa shape index (κ2) is 7.04. The van der Waals surface area contributed by atoms with Crippen molar-refractivity contribution >= 4 is 11.9 Å². The molecule has 4 heteroatoms. The van der Waals surface area contributed by atoms with Crippen molar-refractivity contribution in [2.75, 3.05) is 0 Å². The minimum absolute atomic E-state index is 0.284. The average molecular weight is 214 g/mol. The van der Waals surface area contributed by atoms with Crippen LogP contribution < -0.4 is 0 Å². The fourth-order valence-electron chi connectivity index (χ4n) is 0.841. The van der Waals surface area contributed by atoms with Crippen LogP contribution in [0.25, 0.3) is 0 Å². The molecule has 0 rings (SSSR count). The molecule has 0 bridgehead atoms. The molecule has 0 spiro atoms. The second-order valence-corrected chi connectivity index (χ2v) is 3.35. The van der Waals surface area contributed by atoms with Gasteiger partial charge in [0.2, 0.25) is 6.29 Å². The van der Waals surface area contributed by atoms with Crippen molar-refractivity contribution in [3.05, 3.63) is 12.2 Å². The minimum atomic E-state index is -0.849. The molecule has 0 aromatic carbocycles. The van der Waals surface area contributed by atoms with E-state index in [9.17, 15) is 9.59 Å². The highest BCUT2D eigenvalue weighted by molar-refractivity contribution is 5.87. The molecular weight excluding hydrogens is 196 g/mol. The van der Waals surface area contributed by atoms with Crippen LogP contribution in [0.3, 0.4) is 0 Å². The van der Waals surface area contributed by atoms with E-state index < -0.39 is 12.3 Å². The number of rotatable bonds is 6. The summed E-state index contributed by atoms with van der Waals surface area (Å²) in [5.41, 5.74) is 0.284. The maximum Gasteiger partial charge on any atom is 0.336 e. The molecule has 0 saturated carbocycles. The molecule has 0 aliphatic carbocycles. The van der Waals surface area contributed by atoms with Crippen LogP contribution in [-0.4, -0.2) is 18.2 Å². The molecule has 0 aromatic heterocycles. The van der Waals surface area contributed by atoms with E-state index in [2.05, 4.69) is 6.58 Å². The van der Waals surface area contributed by atoms with Gasteiger partial charge in [-0.3, -0.25) is 4.79 Å². The Morgan fingerprint density at radius 2 is 1.93 bits per heavy atom. The SMILES string of the molecule is C=C(C)C(=O)OC(C)OC(=O)CCCC. The number of ether oxygens (including phenoxy) is 2. The Hall–Kier alpha value is -1.32. The molecule has 0 amide bonds. The zero-order valence-electron chi connectivity index (χ0n) is 9.54. The summed E-state index contributed by atoms with van der Waals surface area (Å²) >= 11 is 0. The molecule has 0 aromatic rings. The number of carbonyl (C=O) groups is 2. The highest BCUT2D eigenvalue weighted by atomic mass is 16.7. The molecule has 0 heterocycles. The smallest absolute Gasteiger partial charge is 0.336 e. The van der Waals surface area contributed by atoms with Crippen molar-refractivity contribution in [1.29, 1.82) is 0 Å². The van der Waals surface area contributed by atoms with Gasteiger partial charge in [-0.05, 0) is 13.3 Å². The van der Waals surface area contributed by atoms with Gasteiger partial charge in [-0.25, -0.2) is 4.79 Å². The van der Waals surface area contributed by atoms with E-state index in [0.717, 1.165) is 12.8 Å². The van der Waals surface area contributed by atoms with Crippen LogP contribution in [-0.2, 0) is 19.1 Å². The molecule has 15 heavy (non-hydrogen) atoms. The first-order valence-electron chi connectivity index (χ1n) is 5.03. The van der Waals surface area contributed by atoms with Gasteiger partial charge in [0.15, 0.2) is 0 Å². The maximum atomic E-state index is 11.1. The van der Waals surface area contributed by atoms with Gasteiger partial charge in [-0.15, -0.1) is 0 Å². The lowest BCUT2D eigenvalue weighted by atomic mass is 10.2. The second-order valence-electron chi connectivity index (χ2n) is 3.35. The highest BCUT2D eigenvalue weighted by Crippen LogP contribution is 2.03. The van der Waals surface area contributed by atoms with Crippen LogP contribution >= 0.6 is 0 Å². The molecular formula is C11H18O4. The third-order valence-corrected chi connectivity index (χ3v) is 1.65. The van der Waals surface area contributed by atoms with Gasteiger partial charge in [-0.1, -0.05) is 19.9 Å². The third kappa shape index (κ3) is 6.71. The van der Waals surface area contributed by atoms with Crippen LogP contribution in [0.5, 0.6) is 0 Å². The van der Waals surface area contributed by atoms with Crippen molar-refractivity contribution in [2.45, 2.75) is 46.3 Å². The van der Waals surface area contributed by atoms with Crippen molar-refractivity contribution in [1.82, 2.24) is 0 Å². The largest absolute Gasteiger partial charge is 0.425 e. The van der Waals surface area contributed by atoms with E-state index in [0.29, 0.717) is 6.42 Å². The molecule has 0 aliphatic heterocycles. The first kappa shape index (κ1) is 13.7. The first-order valence-corrected chi connectivity index (χ1v) is 5.03. The van der Waals surface area contributed by atoms with Gasteiger partial charge in [-0.2, -0.15) is 0 Å². The number of carbonyl (C=O) groups excluding carboxylic acids is 2. The van der Waals surface area contributed by atoms with E-state index in [1.165, 1.54) is 13.8 Å². The van der Waals surface area contributed by atoms with Crippen LogP contribution in [0.2, 0.25) is 0 Å². The lowest BCUT2D eigenvalue weighted by Crippen LogP contribution is -2.21. The predicted molar refractivity (Wildman–Crippen MR) is 56.0 cm³/mol. The Morgan fingerprint density at radius 3 is 2.40 bits per heavy atom. The van der Waals surface area contributed by atoms with Gasteiger partial charge in [0.25, 0.3) is 0 Å². The molecule has 86 valence electrons. The fraction of sp³-hybridized carbons (Fsp3) is 0.636. The Kier molecular flexibility index (Phi) is 6.42. The van der Waals surface area contributed by atoms with Crippen molar-refractivity contribution in [3.8, 4) is 0 Å². The topological polar surface area (TPSA) is 52.6 Å². The van der Waals surface area contributed by atoms with E-state index in [1.807, 2.05) is 6.92 Å². The van der Waals surface area contributed by atoms with Gasteiger partial charge < -0.3 is 9.47 Å². The third-order valence-electron chi connectivity index (χ3n) is 1.65. The summed E-state index contributed by atoms with van der Waals surface area (Å²) in [6.07, 6.45) is 1.21. The van der Waals surface area contributed by atoms with E-state index in [1.54, 1.807) is 0 Å². The monoisotopic (exact) mass is 214 g/mol. The van der Waals surface area contributed by atoms with Gasteiger partial charge in [0.05, 0.1) is 0 Å². The summed E-state index contributed by atoms with van der Waals surface area (Å²) in [7, 11) is 0. The summed E-state index contributed by atoms with van der Waals surface area (Å²) in [6.45, 7) is 8.45. The summed E-state index contributed by atoms with van der Waals surface area (Å²) in [5.74, 6) is -0.898. The van der Waals surface area contributed by atoms with E-state index >= 15 is 0 Å². The Balaban J connectivity index is 3.82. The number of esters is 2. The molecule has 0 radical (unpaired) electrons. The standard InChI is InChI=1S/C11H18O4/c1-5-6-7-10(12)14-9(4)15-11(13)8(2)3/h9H,2,5-7H2,1,3-4H3. The molecule has 1 unspecified atom stereocenters. The van der Waals surface area contributed by atoms with Crippen molar-refractivity contribution in [2.24, 2.45) is 0 Å². The number of unbranched alkanes of at least 4 members (excludes halogenated alkanes) is 1. The van der Waals surface area contributed by atoms with Crippen molar-refractivity contribution in [3.63, 3.8) is 0 Å². The summed E-state index contributed by atoms with van der Waals surface area (Å²) in [6, 6.07) is 0. The lowest BCUT2D eigenvalue weighted by molar-refractivity contribution is -0.181. The minimum Gasteiger partial charge on any atom is -0.425 e. The summed E-state index contributed by atoms with van der Waals surface area (Å²) in [5, 5.41) is 0. The average Bonchev–Trinajstić information content (AvgIpc) is 2.14. The molecule has 0 saturated heterocycles. The van der Waals surface area contributed by atoms with E-state index in [4.69, 9.17) is 9.47 Å². The predicted octanol–water partition coefficient (Wildman–Crippen LogP) is 2.19. The molecule has 0 aliphatic rings. The Morgan fingerprint density at radius 1 is 1.33 bits per heavy atom. The van der Waals surface area contributed by atoms with Gasteiger partial charge >= 0.3 is 11.9 Å². The zero-order valence-corrected chi connectivity index (χ0v) is 9.54. The number of hydrogen-bond acceptors (Lipinski definition) is 4. The lowest BCUT2D eigenvalue weighted by Gasteiger charge is -2.13. The van der Waals surface area contributed by atoms with Gasteiger partial charge in [0, 0.05) is 18.9 Å². The Bertz CT molecular complexity index is 245. The van der Waals surface area contributed by atoms with Gasteiger partial charge in [0.1, 0.15) is 0 Å². The van der Waals surface area contributed by atoms with Crippen LogP contribution in [0.4, 0.5) is 0 Å². The molecule has 1 atom stereocenters. The summed E-state index contributed by atoms with van der Waals surface area (Å²) < 4.78 is 9.63.